The van der Waals surface area contributed by atoms with Crippen LogP contribution in [0.25, 0.3) is 0 Å². The van der Waals surface area contributed by atoms with Crippen molar-refractivity contribution < 1.29 is 0 Å². The van der Waals surface area contributed by atoms with E-state index >= 15 is 0 Å². The van der Waals surface area contributed by atoms with E-state index in [9.17, 15) is 0 Å². The fourth-order valence-electron chi connectivity index (χ4n) is 2.18. The van der Waals surface area contributed by atoms with E-state index in [4.69, 9.17) is 5.73 Å². The van der Waals surface area contributed by atoms with Gasteiger partial charge in [0, 0.05) is 31.4 Å². The average Bonchev–Trinajstić information content (AvgIpc) is 2.41. The monoisotopic (exact) mass is 255 g/mol. The van der Waals surface area contributed by atoms with Gasteiger partial charge in [0.1, 0.15) is 5.82 Å². The van der Waals surface area contributed by atoms with Crippen LogP contribution in [0.5, 0.6) is 0 Å². The molecular formula is C16H21N3. The largest absolute Gasteiger partial charge is 0.355 e. The summed E-state index contributed by atoms with van der Waals surface area (Å²) in [5.41, 5.74) is 10.5. The quantitative estimate of drug-likeness (QED) is 0.913. The van der Waals surface area contributed by atoms with E-state index in [0.29, 0.717) is 6.54 Å². The lowest BCUT2D eigenvalue weighted by Crippen LogP contribution is -2.21. The number of aromatic nitrogens is 1. The van der Waals surface area contributed by atoms with Gasteiger partial charge in [-0.05, 0) is 31.0 Å². The molecule has 0 fully saturated rings. The van der Waals surface area contributed by atoms with E-state index in [1.165, 1.54) is 11.1 Å². The summed E-state index contributed by atoms with van der Waals surface area (Å²) in [5, 5.41) is 0. The summed E-state index contributed by atoms with van der Waals surface area (Å²) in [6.45, 7) is 5.50. The zero-order valence-corrected chi connectivity index (χ0v) is 11.9. The molecule has 0 radical (unpaired) electrons. The van der Waals surface area contributed by atoms with Gasteiger partial charge in [0.15, 0.2) is 0 Å². The normalized spacial score (nSPS) is 10.5. The van der Waals surface area contributed by atoms with Gasteiger partial charge < -0.3 is 10.6 Å². The molecule has 0 spiro atoms. The number of nitrogens with zero attached hydrogens (tertiary/aromatic N) is 2. The van der Waals surface area contributed by atoms with Crippen LogP contribution in [0.1, 0.15) is 22.4 Å². The molecular weight excluding hydrogens is 234 g/mol. The molecule has 0 saturated heterocycles. The number of anilines is 1. The topological polar surface area (TPSA) is 42.1 Å². The molecule has 2 N–H and O–H groups in total. The first-order valence-corrected chi connectivity index (χ1v) is 6.54. The van der Waals surface area contributed by atoms with Crippen LogP contribution < -0.4 is 10.6 Å². The Morgan fingerprint density at radius 3 is 2.47 bits per heavy atom. The number of rotatable bonds is 4. The Bertz CT molecular complexity index is 564. The van der Waals surface area contributed by atoms with Crippen molar-refractivity contribution >= 4 is 5.82 Å². The second kappa shape index (κ2) is 5.85. The standard InChI is InChI=1S/C16H21N3/c1-12-6-4-5-7-15(12)11-19(3)16-14(10-17)9-8-13(2)18-16/h4-9H,10-11,17H2,1-3H3. The van der Waals surface area contributed by atoms with Crippen LogP contribution in [0.4, 0.5) is 5.82 Å². The second-order valence-electron chi connectivity index (χ2n) is 4.92. The number of aryl methyl sites for hydroxylation is 2. The molecule has 0 aliphatic rings. The van der Waals surface area contributed by atoms with Gasteiger partial charge in [-0.3, -0.25) is 0 Å². The molecule has 0 aliphatic heterocycles. The predicted molar refractivity (Wildman–Crippen MR) is 80.2 cm³/mol. The molecule has 0 saturated carbocycles. The lowest BCUT2D eigenvalue weighted by atomic mass is 10.1. The zero-order chi connectivity index (χ0) is 13.8. The van der Waals surface area contributed by atoms with E-state index in [0.717, 1.165) is 23.6 Å². The molecule has 2 aromatic rings. The molecule has 3 heteroatoms. The Morgan fingerprint density at radius 2 is 1.79 bits per heavy atom. The van der Waals surface area contributed by atoms with Gasteiger partial charge in [-0.2, -0.15) is 0 Å². The van der Waals surface area contributed by atoms with E-state index in [2.05, 4.69) is 54.2 Å². The van der Waals surface area contributed by atoms with Crippen LogP contribution in [0.2, 0.25) is 0 Å². The lowest BCUT2D eigenvalue weighted by molar-refractivity contribution is 0.865. The summed E-state index contributed by atoms with van der Waals surface area (Å²) in [6, 6.07) is 12.5. The summed E-state index contributed by atoms with van der Waals surface area (Å²) < 4.78 is 0. The fraction of sp³-hybridized carbons (Fsp3) is 0.312. The molecule has 0 bridgehead atoms. The summed E-state index contributed by atoms with van der Waals surface area (Å²) in [6.07, 6.45) is 0. The van der Waals surface area contributed by atoms with E-state index in [1.807, 2.05) is 13.0 Å². The van der Waals surface area contributed by atoms with E-state index < -0.39 is 0 Å². The minimum absolute atomic E-state index is 0.515. The van der Waals surface area contributed by atoms with Crippen LogP contribution >= 0.6 is 0 Å². The van der Waals surface area contributed by atoms with Crippen LogP contribution in [-0.4, -0.2) is 12.0 Å². The highest BCUT2D eigenvalue weighted by molar-refractivity contribution is 5.48. The van der Waals surface area contributed by atoms with Crippen LogP contribution in [0.15, 0.2) is 36.4 Å². The molecule has 1 heterocycles. The first kappa shape index (κ1) is 13.6. The zero-order valence-electron chi connectivity index (χ0n) is 11.9. The highest BCUT2D eigenvalue weighted by Crippen LogP contribution is 2.20. The minimum atomic E-state index is 0.515. The van der Waals surface area contributed by atoms with Crippen molar-refractivity contribution in [3.05, 3.63) is 58.8 Å². The van der Waals surface area contributed by atoms with Crippen molar-refractivity contribution in [1.82, 2.24) is 4.98 Å². The van der Waals surface area contributed by atoms with Gasteiger partial charge in [-0.1, -0.05) is 30.3 Å². The van der Waals surface area contributed by atoms with Gasteiger partial charge in [0.2, 0.25) is 0 Å². The highest BCUT2D eigenvalue weighted by atomic mass is 15.2. The molecule has 0 unspecified atom stereocenters. The number of nitrogens with two attached hydrogens (primary N) is 1. The highest BCUT2D eigenvalue weighted by Gasteiger charge is 2.10. The number of hydrogen-bond acceptors (Lipinski definition) is 3. The Kier molecular flexibility index (Phi) is 4.17. The second-order valence-corrected chi connectivity index (χ2v) is 4.92. The molecule has 100 valence electrons. The van der Waals surface area contributed by atoms with Crippen molar-refractivity contribution in [2.75, 3.05) is 11.9 Å². The van der Waals surface area contributed by atoms with E-state index in [1.54, 1.807) is 0 Å². The third-order valence-electron chi connectivity index (χ3n) is 3.35. The molecule has 3 nitrogen and oxygen atoms in total. The Labute approximate surface area is 115 Å². The minimum Gasteiger partial charge on any atom is -0.355 e. The molecule has 19 heavy (non-hydrogen) atoms. The van der Waals surface area contributed by atoms with Crippen molar-refractivity contribution in [1.29, 1.82) is 0 Å². The maximum atomic E-state index is 5.80. The Hall–Kier alpha value is -1.87. The molecule has 0 aliphatic carbocycles. The Balaban J connectivity index is 2.27. The maximum absolute atomic E-state index is 5.80. The van der Waals surface area contributed by atoms with Crippen molar-refractivity contribution in [2.24, 2.45) is 5.73 Å². The molecule has 0 amide bonds. The average molecular weight is 255 g/mol. The van der Waals surface area contributed by atoms with Crippen molar-refractivity contribution in [3.8, 4) is 0 Å². The summed E-state index contributed by atoms with van der Waals surface area (Å²) in [7, 11) is 2.06. The van der Waals surface area contributed by atoms with Crippen molar-refractivity contribution in [2.45, 2.75) is 26.9 Å². The Morgan fingerprint density at radius 1 is 1.05 bits per heavy atom. The maximum Gasteiger partial charge on any atom is 0.133 e. The van der Waals surface area contributed by atoms with Gasteiger partial charge >= 0.3 is 0 Å². The fourth-order valence-corrected chi connectivity index (χ4v) is 2.18. The molecule has 1 aromatic carbocycles. The lowest BCUT2D eigenvalue weighted by Gasteiger charge is -2.22. The van der Waals surface area contributed by atoms with Gasteiger partial charge in [-0.25, -0.2) is 4.98 Å². The molecule has 2 rings (SSSR count). The number of benzene rings is 1. The summed E-state index contributed by atoms with van der Waals surface area (Å²) >= 11 is 0. The van der Waals surface area contributed by atoms with Gasteiger partial charge in [0.05, 0.1) is 0 Å². The van der Waals surface area contributed by atoms with Crippen LogP contribution in [-0.2, 0) is 13.1 Å². The first-order chi connectivity index (χ1) is 9.11. The first-order valence-electron chi connectivity index (χ1n) is 6.54. The third kappa shape index (κ3) is 3.12. The van der Waals surface area contributed by atoms with Crippen LogP contribution in [0, 0.1) is 13.8 Å². The van der Waals surface area contributed by atoms with Gasteiger partial charge in [0.25, 0.3) is 0 Å². The van der Waals surface area contributed by atoms with Crippen LogP contribution in [0.3, 0.4) is 0 Å². The number of hydrogen-bond donors (Lipinski definition) is 1. The number of pyridine rings is 1. The SMILES string of the molecule is Cc1ccc(CN)c(N(C)Cc2ccccc2C)n1. The van der Waals surface area contributed by atoms with Crippen molar-refractivity contribution in [3.63, 3.8) is 0 Å². The summed E-state index contributed by atoms with van der Waals surface area (Å²) in [5.74, 6) is 0.978. The smallest absolute Gasteiger partial charge is 0.133 e. The van der Waals surface area contributed by atoms with E-state index in [-0.39, 0.29) is 0 Å². The summed E-state index contributed by atoms with van der Waals surface area (Å²) in [4.78, 5) is 6.78. The molecule has 1 aromatic heterocycles. The van der Waals surface area contributed by atoms with Gasteiger partial charge in [-0.15, -0.1) is 0 Å². The third-order valence-corrected chi connectivity index (χ3v) is 3.35. The molecule has 0 atom stereocenters. The predicted octanol–water partition coefficient (Wildman–Crippen LogP) is 2.79.